The van der Waals surface area contributed by atoms with Crippen molar-refractivity contribution in [2.45, 2.75) is 37.6 Å². The van der Waals surface area contributed by atoms with Crippen LogP contribution in [0.4, 0.5) is 0 Å². The molecule has 1 aromatic carbocycles. The lowest BCUT2D eigenvalue weighted by molar-refractivity contribution is -0.277. The first-order valence-electron chi connectivity index (χ1n) is 7.57. The van der Waals surface area contributed by atoms with E-state index in [2.05, 4.69) is 0 Å². The first kappa shape index (κ1) is 17.6. The molecule has 0 spiro atoms. The number of rotatable bonds is 3. The van der Waals surface area contributed by atoms with Crippen molar-refractivity contribution in [3.8, 4) is 11.5 Å². The topological polar surface area (TPSA) is 150 Å². The predicted molar refractivity (Wildman–Crippen MR) is 83.3 cm³/mol. The minimum Gasteiger partial charge on any atom is -0.508 e. The van der Waals surface area contributed by atoms with Gasteiger partial charge in [-0.1, -0.05) is 0 Å². The average molecular weight is 354 g/mol. The Morgan fingerprint density at radius 1 is 1.16 bits per heavy atom. The fourth-order valence-corrected chi connectivity index (χ4v) is 2.74. The van der Waals surface area contributed by atoms with E-state index >= 15 is 0 Å². The third-order valence-electron chi connectivity index (χ3n) is 4.18. The van der Waals surface area contributed by atoms with Crippen LogP contribution in [0.3, 0.4) is 0 Å². The molecule has 25 heavy (non-hydrogen) atoms. The number of phenols is 1. The molecular formula is C16H18O9. The number of hydrogen-bond donors (Lipinski definition) is 5. The second-order valence-corrected chi connectivity index (χ2v) is 5.84. The zero-order valence-electron chi connectivity index (χ0n) is 13.2. The van der Waals surface area contributed by atoms with Crippen molar-refractivity contribution in [3.63, 3.8) is 0 Å². The Balaban J connectivity index is 1.97. The molecule has 2 heterocycles. The van der Waals surface area contributed by atoms with Crippen molar-refractivity contribution in [3.05, 3.63) is 34.2 Å². The van der Waals surface area contributed by atoms with Crippen LogP contribution in [0, 0.1) is 6.92 Å². The number of benzene rings is 1. The van der Waals surface area contributed by atoms with E-state index < -0.39 is 42.9 Å². The second kappa shape index (κ2) is 6.62. The normalized spacial score (nSPS) is 29.7. The summed E-state index contributed by atoms with van der Waals surface area (Å²) in [6, 6.07) is 4.22. The van der Waals surface area contributed by atoms with E-state index in [1.165, 1.54) is 18.2 Å². The molecule has 1 saturated heterocycles. The van der Waals surface area contributed by atoms with Crippen LogP contribution in [0.5, 0.6) is 11.5 Å². The van der Waals surface area contributed by atoms with Gasteiger partial charge in [-0.3, -0.25) is 0 Å². The summed E-state index contributed by atoms with van der Waals surface area (Å²) in [5.74, 6) is -0.319. The largest absolute Gasteiger partial charge is 0.508 e. The van der Waals surface area contributed by atoms with Gasteiger partial charge in [-0.25, -0.2) is 4.79 Å². The van der Waals surface area contributed by atoms with Gasteiger partial charge in [0, 0.05) is 17.0 Å². The molecular weight excluding hydrogens is 336 g/mol. The molecule has 0 amide bonds. The smallest absolute Gasteiger partial charge is 0.379 e. The zero-order chi connectivity index (χ0) is 18.3. The minimum absolute atomic E-state index is 0.0716. The van der Waals surface area contributed by atoms with E-state index in [1.54, 1.807) is 6.92 Å². The fraction of sp³-hybridized carbons (Fsp3) is 0.438. The lowest BCUT2D eigenvalue weighted by Gasteiger charge is -2.39. The van der Waals surface area contributed by atoms with Crippen molar-refractivity contribution in [2.75, 3.05) is 6.61 Å². The SMILES string of the molecule is Cc1c(O[C@@H]2O[C@H](CO)[C@H](O)[C@H](O)[C@H]2O)c(=O)oc2cc(O)ccc12. The van der Waals surface area contributed by atoms with E-state index in [0.717, 1.165) is 0 Å². The Bertz CT molecular complexity index is 828. The van der Waals surface area contributed by atoms with E-state index in [1.807, 2.05) is 0 Å². The summed E-state index contributed by atoms with van der Waals surface area (Å²) in [4.78, 5) is 12.2. The van der Waals surface area contributed by atoms with Crippen LogP contribution in [-0.2, 0) is 4.74 Å². The Hall–Kier alpha value is -2.17. The lowest BCUT2D eigenvalue weighted by atomic mass is 9.99. The quantitative estimate of drug-likeness (QED) is 0.437. The standard InChI is InChI=1S/C16H18O9/c1-6-8-3-2-7(18)4-9(8)23-15(22)14(6)25-16-13(21)12(20)11(19)10(5-17)24-16/h2-4,10-13,16-21H,5H2,1H3/t10-,11+,12+,13-,16+/m1/s1. The van der Waals surface area contributed by atoms with E-state index in [4.69, 9.17) is 13.9 Å². The van der Waals surface area contributed by atoms with Gasteiger partial charge in [0.1, 0.15) is 35.7 Å². The highest BCUT2D eigenvalue weighted by atomic mass is 16.7. The molecule has 5 atom stereocenters. The van der Waals surface area contributed by atoms with Gasteiger partial charge in [-0.05, 0) is 19.1 Å². The first-order valence-corrected chi connectivity index (χ1v) is 7.57. The zero-order valence-corrected chi connectivity index (χ0v) is 13.2. The molecule has 1 aromatic heterocycles. The van der Waals surface area contributed by atoms with Crippen LogP contribution < -0.4 is 10.4 Å². The van der Waals surface area contributed by atoms with Crippen molar-refractivity contribution < 1.29 is 39.4 Å². The maximum atomic E-state index is 12.2. The summed E-state index contributed by atoms with van der Waals surface area (Å²) in [5, 5.41) is 48.7. The molecule has 5 N–H and O–H groups in total. The molecule has 2 aromatic rings. The predicted octanol–water partition coefficient (Wildman–Crippen LogP) is -1.01. The summed E-state index contributed by atoms with van der Waals surface area (Å²) >= 11 is 0. The summed E-state index contributed by atoms with van der Waals surface area (Å²) in [6.45, 7) is 0.963. The van der Waals surface area contributed by atoms with Gasteiger partial charge in [-0.15, -0.1) is 0 Å². The number of aliphatic hydroxyl groups is 4. The number of fused-ring (bicyclic) bond motifs is 1. The van der Waals surface area contributed by atoms with Crippen LogP contribution in [0.1, 0.15) is 5.56 Å². The van der Waals surface area contributed by atoms with Crippen molar-refractivity contribution in [2.24, 2.45) is 0 Å². The molecule has 0 aliphatic carbocycles. The van der Waals surface area contributed by atoms with Crippen LogP contribution in [0.15, 0.2) is 27.4 Å². The number of hydrogen-bond acceptors (Lipinski definition) is 9. The molecule has 9 nitrogen and oxygen atoms in total. The lowest BCUT2D eigenvalue weighted by Crippen LogP contribution is -2.60. The summed E-state index contributed by atoms with van der Waals surface area (Å²) in [6.07, 6.45) is -7.45. The van der Waals surface area contributed by atoms with E-state index in [0.29, 0.717) is 10.9 Å². The fourth-order valence-electron chi connectivity index (χ4n) is 2.74. The van der Waals surface area contributed by atoms with Crippen LogP contribution >= 0.6 is 0 Å². The molecule has 0 unspecified atom stereocenters. The van der Waals surface area contributed by atoms with Gasteiger partial charge >= 0.3 is 5.63 Å². The van der Waals surface area contributed by atoms with E-state index in [-0.39, 0.29) is 17.1 Å². The Labute approximate surface area is 141 Å². The van der Waals surface area contributed by atoms with Gasteiger partial charge < -0.3 is 39.4 Å². The molecule has 0 saturated carbocycles. The van der Waals surface area contributed by atoms with Crippen LogP contribution in [0.2, 0.25) is 0 Å². The molecule has 136 valence electrons. The highest BCUT2D eigenvalue weighted by Gasteiger charge is 2.45. The van der Waals surface area contributed by atoms with Gasteiger partial charge in [0.15, 0.2) is 0 Å². The molecule has 1 aliphatic rings. The highest BCUT2D eigenvalue weighted by Crippen LogP contribution is 2.29. The maximum absolute atomic E-state index is 12.2. The second-order valence-electron chi connectivity index (χ2n) is 5.84. The molecule has 1 fully saturated rings. The Morgan fingerprint density at radius 3 is 2.56 bits per heavy atom. The average Bonchev–Trinajstić information content (AvgIpc) is 2.58. The Morgan fingerprint density at radius 2 is 1.88 bits per heavy atom. The summed E-state index contributed by atoms with van der Waals surface area (Å²) in [7, 11) is 0. The number of aromatic hydroxyl groups is 1. The highest BCUT2D eigenvalue weighted by molar-refractivity contribution is 5.83. The van der Waals surface area contributed by atoms with Crippen molar-refractivity contribution in [1.82, 2.24) is 0 Å². The molecule has 3 rings (SSSR count). The number of aliphatic hydroxyl groups excluding tert-OH is 4. The molecule has 1 aliphatic heterocycles. The van der Waals surface area contributed by atoms with Gasteiger partial charge in [-0.2, -0.15) is 0 Å². The maximum Gasteiger partial charge on any atom is 0.379 e. The van der Waals surface area contributed by atoms with Crippen molar-refractivity contribution in [1.29, 1.82) is 0 Å². The third-order valence-corrected chi connectivity index (χ3v) is 4.18. The van der Waals surface area contributed by atoms with Gasteiger partial charge in [0.05, 0.1) is 6.61 Å². The summed E-state index contributed by atoms with van der Waals surface area (Å²) < 4.78 is 15.7. The third kappa shape index (κ3) is 3.08. The van der Waals surface area contributed by atoms with Crippen molar-refractivity contribution >= 4 is 11.0 Å². The minimum atomic E-state index is -1.65. The van der Waals surface area contributed by atoms with Gasteiger partial charge in [0.25, 0.3) is 0 Å². The first-order chi connectivity index (χ1) is 11.8. The molecule has 0 bridgehead atoms. The number of ether oxygens (including phenoxy) is 2. The summed E-state index contributed by atoms with van der Waals surface area (Å²) in [5.41, 5.74) is -0.334. The number of phenolic OH excluding ortho intramolecular Hbond substituents is 1. The van der Waals surface area contributed by atoms with Crippen LogP contribution in [-0.4, -0.2) is 62.8 Å². The monoisotopic (exact) mass is 354 g/mol. The molecule has 0 radical (unpaired) electrons. The Kier molecular flexibility index (Phi) is 4.67. The van der Waals surface area contributed by atoms with Gasteiger partial charge in [0.2, 0.25) is 12.0 Å². The van der Waals surface area contributed by atoms with E-state index in [9.17, 15) is 30.3 Å². The van der Waals surface area contributed by atoms with Crippen LogP contribution in [0.25, 0.3) is 11.0 Å². The number of aryl methyl sites for hydroxylation is 1. The molecule has 9 heteroatoms.